The normalized spacial score (nSPS) is 11.8. The highest BCUT2D eigenvalue weighted by Crippen LogP contribution is 2.40. The van der Waals surface area contributed by atoms with Crippen molar-refractivity contribution in [2.45, 2.75) is 0 Å². The lowest BCUT2D eigenvalue weighted by Crippen LogP contribution is -2.00. The molecule has 26 rings (SSSR count). The molecule has 0 N–H and O–H groups in total. The van der Waals surface area contributed by atoms with Gasteiger partial charge in [0.1, 0.15) is 0 Å². The Balaban J connectivity index is 0.000000117. The average molecular weight is 1760 g/mol. The average Bonchev–Trinajstić information content (AvgIpc) is 0.778. The minimum absolute atomic E-state index is 0.167. The van der Waals surface area contributed by atoms with E-state index in [1.54, 1.807) is 6.07 Å². The molecule has 0 amide bonds. The van der Waals surface area contributed by atoms with Crippen molar-refractivity contribution in [3.63, 3.8) is 0 Å². The van der Waals surface area contributed by atoms with Crippen LogP contribution in [0.5, 0.6) is 0 Å². The minimum atomic E-state index is -0.411. The van der Waals surface area contributed by atoms with Crippen LogP contribution in [0.3, 0.4) is 0 Å². The Morgan fingerprint density at radius 3 is 0.594 bits per heavy atom. The van der Waals surface area contributed by atoms with Crippen molar-refractivity contribution in [1.82, 2.24) is 44.9 Å². The molecule has 3 aromatic heterocycles. The van der Waals surface area contributed by atoms with Gasteiger partial charge in [-0.15, -0.1) is 0 Å². The molecule has 3 heterocycles. The maximum atomic E-state index is 8.47. The number of rotatable bonds is 14. The van der Waals surface area contributed by atoms with E-state index in [1.165, 1.54) is 82.2 Å². The fourth-order valence-electron chi connectivity index (χ4n) is 18.4. The van der Waals surface area contributed by atoms with Crippen LogP contribution in [0.15, 0.2) is 503 Å². The largest absolute Gasteiger partial charge is 0.208 e. The molecule has 0 aliphatic heterocycles. The summed E-state index contributed by atoms with van der Waals surface area (Å²) in [6.07, 6.45) is 0. The Hall–Kier alpha value is -18.6. The number of nitrogens with zero attached hydrogens (tertiary/aromatic N) is 9. The second kappa shape index (κ2) is 36.5. The third-order valence-electron chi connectivity index (χ3n) is 25.7. The summed E-state index contributed by atoms with van der Waals surface area (Å²) in [5.74, 6) is 5.50. The number of aromatic nitrogens is 9. The fraction of sp³-hybridized carbons (Fsp3) is 0. The predicted octanol–water partition coefficient (Wildman–Crippen LogP) is 33.3. The Bertz CT molecular complexity index is 8940. The molecular formula is C129H83N9. The summed E-state index contributed by atoms with van der Waals surface area (Å²) in [5, 5.41) is 20.1. The van der Waals surface area contributed by atoms with E-state index in [2.05, 4.69) is 376 Å². The summed E-state index contributed by atoms with van der Waals surface area (Å²) in [5.41, 5.74) is 18.5. The summed E-state index contributed by atoms with van der Waals surface area (Å²) in [4.78, 5) is 45.4. The van der Waals surface area contributed by atoms with Crippen LogP contribution in [0.4, 0.5) is 0 Å². The fourth-order valence-corrected chi connectivity index (χ4v) is 18.4. The van der Waals surface area contributed by atoms with Crippen molar-refractivity contribution in [2.75, 3.05) is 0 Å². The van der Waals surface area contributed by atoms with E-state index in [0.29, 0.717) is 58.0 Å². The Morgan fingerprint density at radius 2 is 0.304 bits per heavy atom. The van der Waals surface area contributed by atoms with Crippen LogP contribution < -0.4 is 0 Å². The number of benzene rings is 23. The van der Waals surface area contributed by atoms with Crippen LogP contribution in [0.1, 0.15) is 6.85 Å². The Kier molecular flexibility index (Phi) is 20.4. The highest BCUT2D eigenvalue weighted by molar-refractivity contribution is 6.01. The van der Waals surface area contributed by atoms with Gasteiger partial charge in [0.05, 0.1) is 6.85 Å². The quantitative estimate of drug-likeness (QED) is 0.105. The lowest BCUT2D eigenvalue weighted by molar-refractivity contribution is 1.08. The van der Waals surface area contributed by atoms with Gasteiger partial charge in [-0.1, -0.05) is 425 Å². The van der Waals surface area contributed by atoms with Gasteiger partial charge in [0.2, 0.25) is 0 Å². The summed E-state index contributed by atoms with van der Waals surface area (Å²) < 4.78 is 41.2. The zero-order valence-electron chi connectivity index (χ0n) is 79.6. The molecule has 0 radical (unpaired) electrons. The van der Waals surface area contributed by atoms with Gasteiger partial charge < -0.3 is 0 Å². The highest BCUT2D eigenvalue weighted by Gasteiger charge is 2.21. The third kappa shape index (κ3) is 17.2. The molecule has 26 aromatic rings. The molecule has 0 fully saturated rings. The minimum Gasteiger partial charge on any atom is -0.208 e. The molecule has 0 aliphatic carbocycles. The summed E-state index contributed by atoms with van der Waals surface area (Å²) in [6, 6.07) is 162. The van der Waals surface area contributed by atoms with Crippen LogP contribution in [0, 0.1) is 0 Å². The van der Waals surface area contributed by atoms with Crippen molar-refractivity contribution in [3.8, 4) is 158 Å². The number of fused-ring (bicyclic) bond motifs is 9. The van der Waals surface area contributed by atoms with E-state index in [1.807, 2.05) is 91.0 Å². The smallest absolute Gasteiger partial charge is 0.164 e. The number of hydrogen-bond acceptors (Lipinski definition) is 9. The Morgan fingerprint density at radius 1 is 0.116 bits per heavy atom. The third-order valence-corrected chi connectivity index (χ3v) is 25.7. The maximum Gasteiger partial charge on any atom is 0.164 e. The molecule has 0 saturated carbocycles. The highest BCUT2D eigenvalue weighted by atomic mass is 15.1. The molecule has 23 aromatic carbocycles. The molecule has 0 bridgehead atoms. The molecule has 0 saturated heterocycles. The molecule has 644 valence electrons. The van der Waals surface area contributed by atoms with Crippen LogP contribution in [0.2, 0.25) is 0 Å². The van der Waals surface area contributed by atoms with Gasteiger partial charge in [0, 0.05) is 50.1 Å². The van der Waals surface area contributed by atoms with Gasteiger partial charge in [0.15, 0.2) is 52.4 Å². The van der Waals surface area contributed by atoms with Crippen molar-refractivity contribution >= 4 is 97.0 Å². The molecular weight excluding hydrogens is 1680 g/mol. The first-order valence-electron chi connectivity index (χ1n) is 48.6. The molecule has 0 atom stereocenters. The molecule has 9 heteroatoms. The van der Waals surface area contributed by atoms with Gasteiger partial charge in [-0.2, -0.15) is 0 Å². The van der Waals surface area contributed by atoms with Crippen molar-refractivity contribution in [1.29, 1.82) is 0 Å². The zero-order valence-corrected chi connectivity index (χ0v) is 74.6. The van der Waals surface area contributed by atoms with Gasteiger partial charge in [-0.25, -0.2) is 44.9 Å². The van der Waals surface area contributed by atoms with E-state index >= 15 is 0 Å². The monoisotopic (exact) mass is 1760 g/mol. The van der Waals surface area contributed by atoms with Crippen molar-refractivity contribution < 1.29 is 6.85 Å². The summed E-state index contributed by atoms with van der Waals surface area (Å²) >= 11 is 0. The molecule has 9 nitrogen and oxygen atoms in total. The van der Waals surface area contributed by atoms with E-state index < -0.39 is 6.04 Å². The van der Waals surface area contributed by atoms with Gasteiger partial charge in [-0.05, 0) is 231 Å². The predicted molar refractivity (Wildman–Crippen MR) is 573 cm³/mol. The summed E-state index contributed by atoms with van der Waals surface area (Å²) in [7, 11) is 0. The number of hydrogen-bond donors (Lipinski definition) is 0. The van der Waals surface area contributed by atoms with Gasteiger partial charge in [-0.3, -0.25) is 0 Å². The first-order valence-corrected chi connectivity index (χ1v) is 46.1. The first kappa shape index (κ1) is 77.1. The van der Waals surface area contributed by atoms with Gasteiger partial charge >= 0.3 is 0 Å². The SMILES string of the molecule is [2H]c1c([2H])c([2H])c(-c2ccc3ccc(-c4nc(-c5ccc6ccccc6c5)nc(-c5ccc6ccccc6c5)n4)cc3c2)c([2H])c1[2H].c1ccc(-c2ccc3cc(-c4nc(-c5ccc6cc(-c7ccccc7)ccc6c5)nc(-c5ccc6cc(-c7ccccc7)ccc6c5)n4)ccc3c2)cc1.c1ccc(-c2cccc3ccc(-c4nc(-c5ccc6ccccc6c5)nc(-c5ccc6ccccc6c5)n4)cc23)cc1. The standard InChI is InChI=1S/C51H33N3.2C39H25N3/c1-4-10-34(11-5-1)37-16-19-43-31-46(25-22-40(43)28-37)49-52-50(47-26-23-41-29-38(17-20-44(41)32-47)35-12-6-2-7-13-35)54-51(53-49)48-27-24-42-30-39(18-21-45(42)33-48)36-14-8-3-9-15-36;1-2-11-28(12-3-1)35-16-8-15-29-19-22-34(25-36(29)35)39-41-37(32-20-17-26-9-4-6-13-30(26)23-32)40-38(42-39)33-21-18-27-10-5-7-14-31(27)24-33;1-2-8-26(9-3-1)32-18-14-29-17-21-35(25-36(29)24-32)39-41-37(33-19-15-27-10-4-6-12-30(27)22-33)40-38(42-39)34-20-16-28-11-5-7-13-31(28)23-34/h1-33H;2*1-25H/i;;1D,2D,3D,8D,9D. The van der Waals surface area contributed by atoms with Gasteiger partial charge in [0.25, 0.3) is 0 Å². The lowest BCUT2D eigenvalue weighted by Gasteiger charge is -2.12. The molecule has 0 spiro atoms. The second-order valence-corrected chi connectivity index (χ2v) is 34.5. The summed E-state index contributed by atoms with van der Waals surface area (Å²) in [6.45, 7) is 0. The van der Waals surface area contributed by atoms with E-state index in [9.17, 15) is 0 Å². The van der Waals surface area contributed by atoms with Crippen LogP contribution in [-0.4, -0.2) is 44.9 Å². The van der Waals surface area contributed by atoms with Crippen LogP contribution >= 0.6 is 0 Å². The molecule has 0 aliphatic rings. The first-order chi connectivity index (χ1) is 70.3. The molecule has 0 unspecified atom stereocenters. The zero-order chi connectivity index (χ0) is 96.0. The second-order valence-electron chi connectivity index (χ2n) is 34.5. The van der Waals surface area contributed by atoms with E-state index in [4.69, 9.17) is 51.7 Å². The lowest BCUT2D eigenvalue weighted by atomic mass is 9.96. The van der Waals surface area contributed by atoms with Crippen molar-refractivity contribution in [3.05, 3.63) is 503 Å². The van der Waals surface area contributed by atoms with Crippen LogP contribution in [0.25, 0.3) is 255 Å². The van der Waals surface area contributed by atoms with Crippen LogP contribution in [-0.2, 0) is 0 Å². The van der Waals surface area contributed by atoms with Crippen molar-refractivity contribution in [2.24, 2.45) is 0 Å². The van der Waals surface area contributed by atoms with E-state index in [-0.39, 0.29) is 29.7 Å². The van der Waals surface area contributed by atoms with E-state index in [0.717, 1.165) is 109 Å². The molecule has 138 heavy (non-hydrogen) atoms. The Labute approximate surface area is 804 Å². The topological polar surface area (TPSA) is 116 Å². The maximum absolute atomic E-state index is 8.47.